The Morgan fingerprint density at radius 3 is 3.05 bits per heavy atom. The summed E-state index contributed by atoms with van der Waals surface area (Å²) in [6, 6.07) is 5.52. The van der Waals surface area contributed by atoms with Gasteiger partial charge in [-0.15, -0.1) is 0 Å². The minimum absolute atomic E-state index is 0.316. The third-order valence-electron chi connectivity index (χ3n) is 3.46. The van der Waals surface area contributed by atoms with E-state index < -0.39 is 0 Å². The van der Waals surface area contributed by atoms with Gasteiger partial charge < -0.3 is 14.8 Å². The van der Waals surface area contributed by atoms with Gasteiger partial charge in [-0.3, -0.25) is 0 Å². The fraction of sp³-hybridized carbons (Fsp3) is 0.533. The zero-order chi connectivity index (χ0) is 14.4. The Morgan fingerprint density at radius 1 is 1.55 bits per heavy atom. The molecule has 1 aromatic carbocycles. The first-order valence-electron chi connectivity index (χ1n) is 6.90. The number of methoxy groups -OCH3 is 1. The van der Waals surface area contributed by atoms with Crippen molar-refractivity contribution in [2.75, 3.05) is 20.3 Å². The van der Waals surface area contributed by atoms with E-state index in [0.29, 0.717) is 11.7 Å². The molecule has 20 heavy (non-hydrogen) atoms. The summed E-state index contributed by atoms with van der Waals surface area (Å²) >= 11 is 3.49. The Hall–Kier alpha value is -0.910. The molecule has 1 aliphatic heterocycles. The number of hydrogen-bond donors (Lipinski definition) is 1. The van der Waals surface area contributed by atoms with Crippen LogP contribution in [-0.4, -0.2) is 32.3 Å². The molecule has 0 spiro atoms. The van der Waals surface area contributed by atoms with E-state index in [1.807, 2.05) is 6.07 Å². The highest BCUT2D eigenvalue weighted by molar-refractivity contribution is 9.10. The van der Waals surface area contributed by atoms with Crippen molar-refractivity contribution < 1.29 is 14.3 Å². The lowest BCUT2D eigenvalue weighted by Gasteiger charge is -2.11. The summed E-state index contributed by atoms with van der Waals surface area (Å²) in [6.07, 6.45) is 3.84. The summed E-state index contributed by atoms with van der Waals surface area (Å²) in [5.41, 5.74) is 1.69. The smallest absolute Gasteiger partial charge is 0.337 e. The van der Waals surface area contributed by atoms with E-state index >= 15 is 0 Å². The molecule has 0 saturated carbocycles. The Kier molecular flexibility index (Phi) is 6.01. The first-order chi connectivity index (χ1) is 9.70. The molecule has 2 rings (SSSR count). The molecule has 5 heteroatoms. The van der Waals surface area contributed by atoms with E-state index in [0.717, 1.165) is 36.2 Å². The van der Waals surface area contributed by atoms with Crippen LogP contribution in [0.15, 0.2) is 22.7 Å². The summed E-state index contributed by atoms with van der Waals surface area (Å²) in [7, 11) is 1.39. The van der Waals surface area contributed by atoms with Crippen LogP contribution in [0.25, 0.3) is 0 Å². The van der Waals surface area contributed by atoms with Crippen LogP contribution in [0.2, 0.25) is 0 Å². The average Bonchev–Trinajstić information content (AvgIpc) is 2.97. The van der Waals surface area contributed by atoms with E-state index in [1.54, 1.807) is 12.1 Å². The van der Waals surface area contributed by atoms with Crippen LogP contribution in [0.1, 0.15) is 35.2 Å². The second kappa shape index (κ2) is 7.76. The van der Waals surface area contributed by atoms with Crippen molar-refractivity contribution in [3.8, 4) is 0 Å². The van der Waals surface area contributed by atoms with Gasteiger partial charge in [0, 0.05) is 17.6 Å². The van der Waals surface area contributed by atoms with Crippen LogP contribution in [0.4, 0.5) is 0 Å². The van der Waals surface area contributed by atoms with E-state index in [9.17, 15) is 4.79 Å². The van der Waals surface area contributed by atoms with E-state index in [-0.39, 0.29) is 5.97 Å². The number of esters is 1. The number of hydrogen-bond acceptors (Lipinski definition) is 4. The van der Waals surface area contributed by atoms with Crippen LogP contribution in [-0.2, 0) is 16.0 Å². The standard InChI is InChI=1S/C15H20BrNO3/c1-19-15(18)11-4-5-12(14(16)9-11)10-17-7-6-13-3-2-8-20-13/h4-5,9,13,17H,2-3,6-8,10H2,1H3. The lowest BCUT2D eigenvalue weighted by Crippen LogP contribution is -2.20. The number of carbonyl (C=O) groups is 1. The molecule has 1 aliphatic rings. The van der Waals surface area contributed by atoms with Gasteiger partial charge >= 0.3 is 5.97 Å². The van der Waals surface area contributed by atoms with Gasteiger partial charge in [0.15, 0.2) is 0 Å². The molecule has 4 nitrogen and oxygen atoms in total. The molecule has 110 valence electrons. The van der Waals surface area contributed by atoms with E-state index in [2.05, 4.69) is 21.2 Å². The monoisotopic (exact) mass is 341 g/mol. The van der Waals surface area contributed by atoms with Crippen LogP contribution >= 0.6 is 15.9 Å². The lowest BCUT2D eigenvalue weighted by atomic mass is 10.1. The Labute approximate surface area is 128 Å². The number of rotatable bonds is 6. The van der Waals surface area contributed by atoms with Crippen LogP contribution < -0.4 is 5.32 Å². The minimum atomic E-state index is -0.316. The molecule has 0 amide bonds. The first kappa shape index (κ1) is 15.5. The fourth-order valence-corrected chi connectivity index (χ4v) is 2.81. The predicted octanol–water partition coefficient (Wildman–Crippen LogP) is 2.89. The number of nitrogens with one attached hydrogen (secondary N) is 1. The van der Waals surface area contributed by atoms with Crippen molar-refractivity contribution in [2.45, 2.75) is 31.9 Å². The summed E-state index contributed by atoms with van der Waals surface area (Å²) in [5, 5.41) is 3.41. The van der Waals surface area contributed by atoms with Crippen molar-refractivity contribution >= 4 is 21.9 Å². The highest BCUT2D eigenvalue weighted by Gasteiger charge is 2.14. The number of benzene rings is 1. The minimum Gasteiger partial charge on any atom is -0.465 e. The highest BCUT2D eigenvalue weighted by Crippen LogP contribution is 2.19. The van der Waals surface area contributed by atoms with Crippen LogP contribution in [0, 0.1) is 0 Å². The molecule has 1 fully saturated rings. The second-order valence-corrected chi connectivity index (χ2v) is 5.75. The van der Waals surface area contributed by atoms with Gasteiger partial charge in [0.2, 0.25) is 0 Å². The summed E-state index contributed by atoms with van der Waals surface area (Å²) in [4.78, 5) is 11.4. The molecule has 0 bridgehead atoms. The van der Waals surface area contributed by atoms with Crippen LogP contribution in [0.5, 0.6) is 0 Å². The largest absolute Gasteiger partial charge is 0.465 e. The molecule has 1 unspecified atom stereocenters. The lowest BCUT2D eigenvalue weighted by molar-refractivity contribution is 0.0600. The number of carbonyl (C=O) groups excluding carboxylic acids is 1. The molecule has 0 aromatic heterocycles. The molecule has 1 atom stereocenters. The number of halogens is 1. The van der Waals surface area contributed by atoms with Gasteiger partial charge in [0.25, 0.3) is 0 Å². The third-order valence-corrected chi connectivity index (χ3v) is 4.19. The summed E-state index contributed by atoms with van der Waals surface area (Å²) in [5.74, 6) is -0.316. The molecule has 1 aromatic rings. The average molecular weight is 342 g/mol. The van der Waals surface area contributed by atoms with Gasteiger partial charge in [-0.25, -0.2) is 4.79 Å². The zero-order valence-electron chi connectivity index (χ0n) is 11.7. The third kappa shape index (κ3) is 4.30. The van der Waals surface area contributed by atoms with Gasteiger partial charge in [-0.2, -0.15) is 0 Å². The molecule has 1 saturated heterocycles. The zero-order valence-corrected chi connectivity index (χ0v) is 13.2. The maximum absolute atomic E-state index is 11.4. The summed E-state index contributed by atoms with van der Waals surface area (Å²) in [6.45, 7) is 2.62. The van der Waals surface area contributed by atoms with Gasteiger partial charge in [-0.1, -0.05) is 22.0 Å². The molecular formula is C15H20BrNO3. The SMILES string of the molecule is COC(=O)c1ccc(CNCCC2CCCO2)c(Br)c1. The normalized spacial score (nSPS) is 18.2. The predicted molar refractivity (Wildman–Crippen MR) is 80.8 cm³/mol. The maximum Gasteiger partial charge on any atom is 0.337 e. The topological polar surface area (TPSA) is 47.6 Å². The van der Waals surface area contributed by atoms with Crippen molar-refractivity contribution in [1.29, 1.82) is 0 Å². The van der Waals surface area contributed by atoms with Crippen LogP contribution in [0.3, 0.4) is 0 Å². The van der Waals surface area contributed by atoms with Crippen molar-refractivity contribution in [3.63, 3.8) is 0 Å². The molecule has 1 N–H and O–H groups in total. The number of ether oxygens (including phenoxy) is 2. The van der Waals surface area contributed by atoms with Crippen molar-refractivity contribution in [2.24, 2.45) is 0 Å². The highest BCUT2D eigenvalue weighted by atomic mass is 79.9. The van der Waals surface area contributed by atoms with Gasteiger partial charge in [0.05, 0.1) is 18.8 Å². The Balaban J connectivity index is 1.79. The fourth-order valence-electron chi connectivity index (χ4n) is 2.29. The Morgan fingerprint density at radius 2 is 2.40 bits per heavy atom. The van der Waals surface area contributed by atoms with Crippen molar-refractivity contribution in [1.82, 2.24) is 5.32 Å². The Bertz CT molecular complexity index is 458. The molecule has 0 radical (unpaired) electrons. The first-order valence-corrected chi connectivity index (χ1v) is 7.69. The second-order valence-electron chi connectivity index (χ2n) is 4.90. The van der Waals surface area contributed by atoms with E-state index in [4.69, 9.17) is 9.47 Å². The van der Waals surface area contributed by atoms with Crippen molar-refractivity contribution in [3.05, 3.63) is 33.8 Å². The quantitative estimate of drug-likeness (QED) is 0.638. The van der Waals surface area contributed by atoms with E-state index in [1.165, 1.54) is 20.0 Å². The molecule has 0 aliphatic carbocycles. The molecule has 1 heterocycles. The maximum atomic E-state index is 11.4. The molecular weight excluding hydrogens is 322 g/mol. The summed E-state index contributed by atoms with van der Waals surface area (Å²) < 4.78 is 11.2. The van der Waals surface area contributed by atoms with Gasteiger partial charge in [-0.05, 0) is 43.5 Å². The van der Waals surface area contributed by atoms with Gasteiger partial charge in [0.1, 0.15) is 0 Å².